The third-order valence-corrected chi connectivity index (χ3v) is 4.33. The molecule has 126 valence electrons. The van der Waals surface area contributed by atoms with Crippen LogP contribution in [0.2, 0.25) is 0 Å². The van der Waals surface area contributed by atoms with E-state index in [1.807, 2.05) is 39.8 Å². The first kappa shape index (κ1) is 19.7. The molecule has 0 aliphatic carbocycles. The molecule has 1 aromatic heterocycles. The third-order valence-electron chi connectivity index (χ3n) is 3.39. The Labute approximate surface area is 149 Å². The topological polar surface area (TPSA) is 20.3 Å². The van der Waals surface area contributed by atoms with E-state index in [4.69, 9.17) is 0 Å². The van der Waals surface area contributed by atoms with Gasteiger partial charge in [0, 0.05) is 23.2 Å². The lowest BCUT2D eigenvalue weighted by atomic mass is 10.1. The van der Waals surface area contributed by atoms with E-state index in [0.29, 0.717) is 6.42 Å². The number of benzene rings is 1. The summed E-state index contributed by atoms with van der Waals surface area (Å²) in [6, 6.07) is 10.2. The molecule has 1 aromatic carbocycles. The molecule has 0 N–H and O–H groups in total. The quantitative estimate of drug-likeness (QED) is 0.688. The highest BCUT2D eigenvalue weighted by atomic mass is 32.1. The summed E-state index contributed by atoms with van der Waals surface area (Å²) in [5, 5.41) is 2.09. The standard InChI is InChI=1S/C19H19NOS.C2H6/c1-5-7-15-8-6-9-16(10-15)17-11-18(22-13-17)12-19(21)20(4)14(2)3;1-2/h6,8-11,13H,2,12H2,1,3-4H3;1-2H3. The molecule has 0 bridgehead atoms. The van der Waals surface area contributed by atoms with Crippen LogP contribution in [0.15, 0.2) is 48.0 Å². The molecule has 0 saturated heterocycles. The van der Waals surface area contributed by atoms with Gasteiger partial charge in [0.05, 0.1) is 6.42 Å². The Bertz CT molecular complexity index is 761. The highest BCUT2D eigenvalue weighted by Gasteiger charge is 2.12. The zero-order valence-electron chi connectivity index (χ0n) is 15.1. The van der Waals surface area contributed by atoms with E-state index < -0.39 is 0 Å². The van der Waals surface area contributed by atoms with Crippen molar-refractivity contribution in [2.75, 3.05) is 7.05 Å². The molecule has 0 atom stereocenters. The highest BCUT2D eigenvalue weighted by molar-refractivity contribution is 7.10. The van der Waals surface area contributed by atoms with Crippen LogP contribution in [-0.2, 0) is 11.2 Å². The minimum absolute atomic E-state index is 0.0616. The molecule has 1 amide bonds. The van der Waals surface area contributed by atoms with Gasteiger partial charge in [0.1, 0.15) is 0 Å². The Hall–Kier alpha value is -2.31. The number of thiophene rings is 1. The molecule has 0 saturated carbocycles. The zero-order chi connectivity index (χ0) is 18.1. The van der Waals surface area contributed by atoms with Crippen LogP contribution < -0.4 is 0 Å². The van der Waals surface area contributed by atoms with Gasteiger partial charge in [-0.05, 0) is 48.6 Å². The van der Waals surface area contributed by atoms with Gasteiger partial charge in [-0.3, -0.25) is 4.79 Å². The summed E-state index contributed by atoms with van der Waals surface area (Å²) in [5.74, 6) is 6.04. The van der Waals surface area contributed by atoms with Crippen molar-refractivity contribution in [3.05, 3.63) is 58.4 Å². The van der Waals surface area contributed by atoms with Gasteiger partial charge in [0.15, 0.2) is 0 Å². The molecule has 0 aliphatic rings. The monoisotopic (exact) mass is 339 g/mol. The first-order chi connectivity index (χ1) is 11.5. The molecule has 1 heterocycles. The van der Waals surface area contributed by atoms with Crippen molar-refractivity contribution in [3.63, 3.8) is 0 Å². The molecule has 2 nitrogen and oxygen atoms in total. The van der Waals surface area contributed by atoms with Gasteiger partial charge in [0.25, 0.3) is 0 Å². The summed E-state index contributed by atoms with van der Waals surface area (Å²) >= 11 is 1.61. The van der Waals surface area contributed by atoms with Gasteiger partial charge in [-0.15, -0.1) is 17.3 Å². The second-order valence-corrected chi connectivity index (χ2v) is 6.12. The SMILES string of the molecule is C=C(C)N(C)C(=O)Cc1cc(-c2cccc(C#CC)c2)cs1.CC. The largest absolute Gasteiger partial charge is 0.320 e. The number of likely N-dealkylation sites (N-methyl/N-ethyl adjacent to an activating group) is 1. The molecular formula is C21H25NOS. The second-order valence-electron chi connectivity index (χ2n) is 5.12. The van der Waals surface area contributed by atoms with Crippen molar-refractivity contribution < 1.29 is 4.79 Å². The van der Waals surface area contributed by atoms with Crippen molar-refractivity contribution in [2.24, 2.45) is 0 Å². The average molecular weight is 340 g/mol. The fraction of sp³-hybridized carbons (Fsp3) is 0.286. The van der Waals surface area contributed by atoms with Crippen molar-refractivity contribution in [3.8, 4) is 23.0 Å². The fourth-order valence-electron chi connectivity index (χ4n) is 2.03. The van der Waals surface area contributed by atoms with Crippen LogP contribution in [0.4, 0.5) is 0 Å². The summed E-state index contributed by atoms with van der Waals surface area (Å²) in [6.07, 6.45) is 0.405. The van der Waals surface area contributed by atoms with E-state index in [1.165, 1.54) is 0 Å². The Morgan fingerprint density at radius 1 is 1.25 bits per heavy atom. The Kier molecular flexibility index (Phi) is 8.01. The summed E-state index contributed by atoms with van der Waals surface area (Å²) in [4.78, 5) is 14.7. The summed E-state index contributed by atoms with van der Waals surface area (Å²) in [6.45, 7) is 11.5. The summed E-state index contributed by atoms with van der Waals surface area (Å²) in [5.41, 5.74) is 4.02. The number of nitrogens with zero attached hydrogens (tertiary/aromatic N) is 1. The van der Waals surface area contributed by atoms with Gasteiger partial charge >= 0.3 is 0 Å². The van der Waals surface area contributed by atoms with E-state index >= 15 is 0 Å². The van der Waals surface area contributed by atoms with E-state index in [0.717, 1.165) is 27.3 Å². The molecule has 2 rings (SSSR count). The van der Waals surface area contributed by atoms with Gasteiger partial charge < -0.3 is 4.90 Å². The maximum Gasteiger partial charge on any atom is 0.231 e. The predicted octanol–water partition coefficient (Wildman–Crippen LogP) is 5.35. The Balaban J connectivity index is 0.00000139. The number of rotatable bonds is 4. The lowest BCUT2D eigenvalue weighted by molar-refractivity contribution is -0.127. The van der Waals surface area contributed by atoms with E-state index in [-0.39, 0.29) is 5.91 Å². The lowest BCUT2D eigenvalue weighted by Gasteiger charge is -2.15. The smallest absolute Gasteiger partial charge is 0.231 e. The Morgan fingerprint density at radius 2 is 1.96 bits per heavy atom. The maximum absolute atomic E-state index is 12.1. The van der Waals surface area contributed by atoms with Crippen LogP contribution in [-0.4, -0.2) is 17.9 Å². The number of hydrogen-bond acceptors (Lipinski definition) is 2. The van der Waals surface area contributed by atoms with Crippen LogP contribution in [0.25, 0.3) is 11.1 Å². The minimum atomic E-state index is 0.0616. The number of amides is 1. The molecule has 0 fully saturated rings. The van der Waals surface area contributed by atoms with Gasteiger partial charge in [0.2, 0.25) is 5.91 Å². The van der Waals surface area contributed by atoms with Crippen LogP contribution in [0.3, 0.4) is 0 Å². The van der Waals surface area contributed by atoms with Gasteiger partial charge in [-0.25, -0.2) is 0 Å². The normalized spacial score (nSPS) is 9.21. The number of carbonyl (C=O) groups is 1. The van der Waals surface area contributed by atoms with E-state index in [1.54, 1.807) is 23.3 Å². The Morgan fingerprint density at radius 3 is 2.58 bits per heavy atom. The molecular weight excluding hydrogens is 314 g/mol. The third kappa shape index (κ3) is 5.40. The molecule has 0 spiro atoms. The predicted molar refractivity (Wildman–Crippen MR) is 105 cm³/mol. The summed E-state index contributed by atoms with van der Waals surface area (Å²) < 4.78 is 0. The van der Waals surface area contributed by atoms with Gasteiger partial charge in [-0.1, -0.05) is 38.5 Å². The number of allylic oxidation sites excluding steroid dienone is 1. The van der Waals surface area contributed by atoms with E-state index in [2.05, 4.69) is 42.0 Å². The van der Waals surface area contributed by atoms with Gasteiger partial charge in [-0.2, -0.15) is 0 Å². The number of hydrogen-bond donors (Lipinski definition) is 0. The van der Waals surface area contributed by atoms with Crippen LogP contribution >= 0.6 is 11.3 Å². The molecule has 0 unspecified atom stereocenters. The number of carbonyl (C=O) groups excluding carboxylic acids is 1. The minimum Gasteiger partial charge on any atom is -0.320 e. The van der Waals surface area contributed by atoms with Crippen LogP contribution in [0.1, 0.15) is 38.1 Å². The van der Waals surface area contributed by atoms with Crippen molar-refractivity contribution in [1.82, 2.24) is 4.90 Å². The molecule has 0 aliphatic heterocycles. The van der Waals surface area contributed by atoms with Crippen molar-refractivity contribution in [2.45, 2.75) is 34.1 Å². The van der Waals surface area contributed by atoms with Crippen molar-refractivity contribution >= 4 is 17.2 Å². The molecule has 0 radical (unpaired) electrons. The zero-order valence-corrected chi connectivity index (χ0v) is 16.0. The van der Waals surface area contributed by atoms with Crippen molar-refractivity contribution in [1.29, 1.82) is 0 Å². The first-order valence-electron chi connectivity index (χ1n) is 8.04. The van der Waals surface area contributed by atoms with Crippen LogP contribution in [0.5, 0.6) is 0 Å². The molecule has 3 heteroatoms. The average Bonchev–Trinajstić information content (AvgIpc) is 3.05. The second kappa shape index (κ2) is 9.75. The lowest BCUT2D eigenvalue weighted by Crippen LogP contribution is -2.25. The highest BCUT2D eigenvalue weighted by Crippen LogP contribution is 2.27. The van der Waals surface area contributed by atoms with Crippen LogP contribution in [0, 0.1) is 11.8 Å². The van der Waals surface area contributed by atoms with E-state index in [9.17, 15) is 4.79 Å². The maximum atomic E-state index is 12.1. The fourth-order valence-corrected chi connectivity index (χ4v) is 2.91. The molecule has 24 heavy (non-hydrogen) atoms. The molecule has 2 aromatic rings. The summed E-state index contributed by atoms with van der Waals surface area (Å²) in [7, 11) is 1.76. The first-order valence-corrected chi connectivity index (χ1v) is 8.92.